The minimum absolute atomic E-state index is 0.107. The molecular formula is C30H40N6O4S. The van der Waals surface area contributed by atoms with Gasteiger partial charge in [-0.1, -0.05) is 6.07 Å². The molecule has 4 heterocycles. The molecule has 0 spiro atoms. The average molecular weight is 581 g/mol. The van der Waals surface area contributed by atoms with Crippen LogP contribution >= 0.6 is 0 Å². The van der Waals surface area contributed by atoms with Crippen molar-refractivity contribution in [1.82, 2.24) is 24.3 Å². The number of likely N-dealkylation sites (tertiary alicyclic amines) is 1. The number of likely N-dealkylation sites (N-methyl/N-ethyl adjacent to an activating group) is 1. The summed E-state index contributed by atoms with van der Waals surface area (Å²) in [7, 11) is -0.801. The molecule has 2 unspecified atom stereocenters. The number of fused-ring (bicyclic) bond motifs is 3. The van der Waals surface area contributed by atoms with E-state index in [1.807, 2.05) is 41.1 Å². The van der Waals surface area contributed by atoms with E-state index < -0.39 is 9.84 Å². The lowest BCUT2D eigenvalue weighted by Crippen LogP contribution is -2.55. The Kier molecular flexibility index (Phi) is 7.91. The normalized spacial score (nSPS) is 25.0. The maximum absolute atomic E-state index is 13.3. The molecule has 1 amide bonds. The summed E-state index contributed by atoms with van der Waals surface area (Å²) < 4.78 is 30.7. The molecule has 1 aliphatic carbocycles. The van der Waals surface area contributed by atoms with E-state index in [1.54, 1.807) is 6.20 Å². The molecule has 2 atom stereocenters. The summed E-state index contributed by atoms with van der Waals surface area (Å²) in [6.45, 7) is 2.11. The first-order chi connectivity index (χ1) is 19.7. The molecule has 2 aromatic heterocycles. The number of carbonyl (C=O) groups excluding carboxylic acids is 1. The number of hydrogen-bond donors (Lipinski definition) is 1. The van der Waals surface area contributed by atoms with Crippen LogP contribution in [0.5, 0.6) is 5.75 Å². The predicted molar refractivity (Wildman–Crippen MR) is 159 cm³/mol. The predicted octanol–water partition coefficient (Wildman–Crippen LogP) is 3.51. The van der Waals surface area contributed by atoms with Crippen LogP contribution in [0, 0.1) is 5.92 Å². The van der Waals surface area contributed by atoms with Crippen LogP contribution in [0.25, 0.3) is 16.7 Å². The third-order valence-corrected chi connectivity index (χ3v) is 10.1. The second-order valence-electron chi connectivity index (χ2n) is 11.9. The molecule has 2 saturated heterocycles. The monoisotopic (exact) mass is 580 g/mol. The SMILES string of the molecule is CN1C2CCC1CN(C(=O)C1CCC(Nc3nccc(-n4ccc5c(OCCCS(C)(=O)=O)cccc54)n3)CC1)C2. The van der Waals surface area contributed by atoms with E-state index in [2.05, 4.69) is 27.1 Å². The fourth-order valence-electron chi connectivity index (χ4n) is 6.74. The van der Waals surface area contributed by atoms with Gasteiger partial charge in [-0.3, -0.25) is 9.69 Å². The fourth-order valence-corrected chi connectivity index (χ4v) is 7.38. The molecule has 41 heavy (non-hydrogen) atoms. The molecule has 3 aliphatic rings. The molecule has 3 aromatic rings. The summed E-state index contributed by atoms with van der Waals surface area (Å²) in [5.74, 6) is 2.64. The van der Waals surface area contributed by atoms with Gasteiger partial charge in [-0.25, -0.2) is 13.4 Å². The van der Waals surface area contributed by atoms with Gasteiger partial charge >= 0.3 is 0 Å². The van der Waals surface area contributed by atoms with Crippen LogP contribution in [0.3, 0.4) is 0 Å². The van der Waals surface area contributed by atoms with E-state index in [9.17, 15) is 13.2 Å². The van der Waals surface area contributed by atoms with Crippen LogP contribution in [0.15, 0.2) is 42.7 Å². The van der Waals surface area contributed by atoms with E-state index in [0.29, 0.717) is 37.0 Å². The minimum Gasteiger partial charge on any atom is -0.493 e. The van der Waals surface area contributed by atoms with Crippen molar-refractivity contribution in [2.24, 2.45) is 5.92 Å². The van der Waals surface area contributed by atoms with Gasteiger partial charge in [0.2, 0.25) is 11.9 Å². The van der Waals surface area contributed by atoms with Gasteiger partial charge in [-0.15, -0.1) is 0 Å². The lowest BCUT2D eigenvalue weighted by molar-refractivity contribution is -0.139. The molecule has 220 valence electrons. The molecule has 2 aliphatic heterocycles. The number of hydrogen-bond acceptors (Lipinski definition) is 8. The van der Waals surface area contributed by atoms with Crippen molar-refractivity contribution in [3.63, 3.8) is 0 Å². The second kappa shape index (κ2) is 11.6. The molecule has 0 radical (unpaired) electrons. The summed E-state index contributed by atoms with van der Waals surface area (Å²) in [6, 6.07) is 11.0. The van der Waals surface area contributed by atoms with Crippen molar-refractivity contribution in [3.8, 4) is 11.6 Å². The molecule has 10 nitrogen and oxygen atoms in total. The van der Waals surface area contributed by atoms with E-state index in [1.165, 1.54) is 19.1 Å². The topological polar surface area (TPSA) is 110 Å². The zero-order valence-corrected chi connectivity index (χ0v) is 24.7. The number of amides is 1. The Morgan fingerprint density at radius 2 is 1.80 bits per heavy atom. The third-order valence-electron chi connectivity index (χ3n) is 9.07. The highest BCUT2D eigenvalue weighted by Gasteiger charge is 2.41. The van der Waals surface area contributed by atoms with Crippen molar-refractivity contribution < 1.29 is 17.9 Å². The average Bonchev–Trinajstić information content (AvgIpc) is 3.46. The van der Waals surface area contributed by atoms with E-state index in [4.69, 9.17) is 9.72 Å². The van der Waals surface area contributed by atoms with Crippen molar-refractivity contribution >= 4 is 32.6 Å². The Hall–Kier alpha value is -3.18. The van der Waals surface area contributed by atoms with Gasteiger partial charge in [0.25, 0.3) is 0 Å². The van der Waals surface area contributed by atoms with Crippen LogP contribution in [0.2, 0.25) is 0 Å². The molecule has 1 aromatic carbocycles. The van der Waals surface area contributed by atoms with Crippen molar-refractivity contribution in [2.45, 2.75) is 63.1 Å². The highest BCUT2D eigenvalue weighted by Crippen LogP contribution is 2.33. The second-order valence-corrected chi connectivity index (χ2v) is 14.2. The number of nitrogens with zero attached hydrogens (tertiary/aromatic N) is 5. The molecule has 6 rings (SSSR count). The summed E-state index contributed by atoms with van der Waals surface area (Å²) in [6.07, 6.45) is 11.5. The maximum Gasteiger partial charge on any atom is 0.225 e. The number of nitrogens with one attached hydrogen (secondary N) is 1. The van der Waals surface area contributed by atoms with Crippen LogP contribution in [0.4, 0.5) is 5.95 Å². The molecule has 3 fully saturated rings. The first-order valence-corrected chi connectivity index (χ1v) is 16.8. The number of benzene rings is 1. The number of anilines is 1. The van der Waals surface area contributed by atoms with Crippen molar-refractivity contribution in [3.05, 3.63) is 42.7 Å². The number of sulfone groups is 1. The first-order valence-electron chi connectivity index (χ1n) is 14.8. The number of carbonyl (C=O) groups is 1. The number of piperazine rings is 1. The zero-order valence-electron chi connectivity index (χ0n) is 23.9. The van der Waals surface area contributed by atoms with E-state index >= 15 is 0 Å². The van der Waals surface area contributed by atoms with Crippen LogP contribution in [-0.2, 0) is 14.6 Å². The first kappa shape index (κ1) is 28.0. The van der Waals surface area contributed by atoms with Crippen molar-refractivity contribution in [1.29, 1.82) is 0 Å². The molecule has 11 heteroatoms. The summed E-state index contributed by atoms with van der Waals surface area (Å²) >= 11 is 0. The Morgan fingerprint density at radius 3 is 2.54 bits per heavy atom. The molecule has 1 N–H and O–H groups in total. The van der Waals surface area contributed by atoms with Crippen molar-refractivity contribution in [2.75, 3.05) is 44.1 Å². The van der Waals surface area contributed by atoms with Crippen LogP contribution < -0.4 is 10.1 Å². The summed E-state index contributed by atoms with van der Waals surface area (Å²) in [5.41, 5.74) is 0.951. The van der Waals surface area contributed by atoms with Gasteiger partial charge in [-0.05, 0) is 76.3 Å². The minimum atomic E-state index is -3.01. The Morgan fingerprint density at radius 1 is 1.05 bits per heavy atom. The zero-order chi connectivity index (χ0) is 28.6. The van der Waals surface area contributed by atoms with Gasteiger partial charge in [0.05, 0.1) is 17.9 Å². The lowest BCUT2D eigenvalue weighted by atomic mass is 9.85. The van der Waals surface area contributed by atoms with Crippen LogP contribution in [0.1, 0.15) is 44.9 Å². The number of ether oxygens (including phenoxy) is 1. The Balaban J connectivity index is 1.06. The van der Waals surface area contributed by atoms with E-state index in [-0.39, 0.29) is 17.7 Å². The molecule has 2 bridgehead atoms. The van der Waals surface area contributed by atoms with Gasteiger partial charge in [-0.2, -0.15) is 4.98 Å². The van der Waals surface area contributed by atoms with E-state index in [0.717, 1.165) is 61.2 Å². The largest absolute Gasteiger partial charge is 0.493 e. The molecule has 1 saturated carbocycles. The van der Waals surface area contributed by atoms with Gasteiger partial charge in [0, 0.05) is 61.2 Å². The standard InChI is InChI=1S/C30H40N6O4S/c1-34-23-11-12-24(34)20-35(19-23)29(37)21-7-9-22(10-8-21)32-30-31-15-13-28(33-30)36-16-14-25-26(36)5-3-6-27(25)40-17-4-18-41(2,38)39/h3,5-6,13-16,21-24H,4,7-12,17-20H2,1-2H3,(H,31,32,33). The highest BCUT2D eigenvalue weighted by atomic mass is 32.2. The smallest absolute Gasteiger partial charge is 0.225 e. The fraction of sp³-hybridized carbons (Fsp3) is 0.567. The summed E-state index contributed by atoms with van der Waals surface area (Å²) in [5, 5.41) is 4.46. The Labute approximate surface area is 242 Å². The summed E-state index contributed by atoms with van der Waals surface area (Å²) in [4.78, 5) is 27.2. The van der Waals surface area contributed by atoms with Gasteiger partial charge in [0.1, 0.15) is 21.4 Å². The Bertz CT molecular complexity index is 1490. The number of aromatic nitrogens is 3. The highest BCUT2D eigenvalue weighted by molar-refractivity contribution is 7.90. The van der Waals surface area contributed by atoms with Gasteiger partial charge in [0.15, 0.2) is 0 Å². The van der Waals surface area contributed by atoms with Gasteiger partial charge < -0.3 is 19.5 Å². The lowest BCUT2D eigenvalue weighted by Gasteiger charge is -2.41. The molecular weight excluding hydrogens is 540 g/mol. The van der Waals surface area contributed by atoms with Crippen LogP contribution in [-0.4, -0.2) is 95.5 Å². The number of rotatable bonds is 9. The quantitative estimate of drug-likeness (QED) is 0.383. The maximum atomic E-state index is 13.3. The third kappa shape index (κ3) is 6.21.